The second-order valence-corrected chi connectivity index (χ2v) is 5.21. The molecule has 0 aliphatic rings. The summed E-state index contributed by atoms with van der Waals surface area (Å²) < 4.78 is 4.62. The predicted molar refractivity (Wildman–Crippen MR) is 86.8 cm³/mol. The van der Waals surface area contributed by atoms with Gasteiger partial charge in [-0.05, 0) is 18.1 Å². The summed E-state index contributed by atoms with van der Waals surface area (Å²) in [4.78, 5) is 29.6. The Morgan fingerprint density at radius 1 is 1.41 bits per heavy atom. The first kappa shape index (κ1) is 20.3. The number of carbonyl (C=O) groups excluding carboxylic acids is 2. The van der Waals surface area contributed by atoms with Gasteiger partial charge in [0.05, 0.1) is 19.2 Å². The van der Waals surface area contributed by atoms with Gasteiger partial charge < -0.3 is 15.4 Å². The Labute approximate surface area is 137 Å². The highest BCUT2D eigenvalue weighted by Crippen LogP contribution is 2.09. The van der Waals surface area contributed by atoms with Crippen LogP contribution in [0.15, 0.2) is 18.3 Å². The van der Waals surface area contributed by atoms with Crippen LogP contribution in [0.5, 0.6) is 0 Å². The van der Waals surface area contributed by atoms with Gasteiger partial charge in [-0.1, -0.05) is 13.8 Å². The van der Waals surface area contributed by atoms with E-state index in [1.807, 2.05) is 13.8 Å². The van der Waals surface area contributed by atoms with Crippen LogP contribution in [-0.2, 0) is 16.1 Å². The molecule has 124 valence electrons. The zero-order chi connectivity index (χ0) is 15.8. The molecular weight excluding hydrogens is 306 g/mol. The predicted octanol–water partition coefficient (Wildman–Crippen LogP) is 1.62. The van der Waals surface area contributed by atoms with Gasteiger partial charge in [0, 0.05) is 31.4 Å². The lowest BCUT2D eigenvalue weighted by atomic mass is 10.1. The molecule has 0 bridgehead atoms. The topological polar surface area (TPSA) is 85.5 Å². The quantitative estimate of drug-likeness (QED) is 0.768. The first-order valence-corrected chi connectivity index (χ1v) is 6.99. The van der Waals surface area contributed by atoms with Crippen LogP contribution in [0.1, 0.15) is 36.3 Å². The fraction of sp³-hybridized carbons (Fsp3) is 0.533. The highest BCUT2D eigenvalue weighted by atomic mass is 35.5. The van der Waals surface area contributed by atoms with Crippen molar-refractivity contribution >= 4 is 24.3 Å². The monoisotopic (exact) mass is 329 g/mol. The van der Waals surface area contributed by atoms with E-state index in [4.69, 9.17) is 5.73 Å². The molecule has 2 N–H and O–H groups in total. The number of esters is 1. The summed E-state index contributed by atoms with van der Waals surface area (Å²) in [6, 6.07) is 3.35. The van der Waals surface area contributed by atoms with Gasteiger partial charge >= 0.3 is 5.97 Å². The Bertz CT molecular complexity index is 495. The number of nitrogens with two attached hydrogens (primary N) is 1. The smallest absolute Gasteiger partial charge is 0.307 e. The number of nitrogens with zero attached hydrogens (tertiary/aromatic N) is 2. The van der Waals surface area contributed by atoms with E-state index >= 15 is 0 Å². The molecule has 7 heteroatoms. The molecule has 0 aliphatic heterocycles. The van der Waals surface area contributed by atoms with Crippen molar-refractivity contribution in [3.63, 3.8) is 0 Å². The minimum absolute atomic E-state index is 0. The molecule has 0 spiro atoms. The summed E-state index contributed by atoms with van der Waals surface area (Å²) in [5.74, 6) is -0.138. The lowest BCUT2D eigenvalue weighted by Crippen LogP contribution is -2.36. The second-order valence-electron chi connectivity index (χ2n) is 5.21. The van der Waals surface area contributed by atoms with Gasteiger partial charge in [0.15, 0.2) is 0 Å². The molecule has 1 aromatic heterocycles. The first-order chi connectivity index (χ1) is 9.97. The third-order valence-corrected chi connectivity index (χ3v) is 2.96. The van der Waals surface area contributed by atoms with Gasteiger partial charge in [-0.3, -0.25) is 14.6 Å². The SMILES string of the molecule is COC(=O)CCN(CC(C)C)C(=O)c1ccnc(CN)c1.Cl. The van der Waals surface area contributed by atoms with Crippen molar-refractivity contribution < 1.29 is 14.3 Å². The van der Waals surface area contributed by atoms with Crippen LogP contribution in [-0.4, -0.2) is 42.0 Å². The van der Waals surface area contributed by atoms with Crippen LogP contribution < -0.4 is 5.73 Å². The van der Waals surface area contributed by atoms with Crippen molar-refractivity contribution in [1.29, 1.82) is 0 Å². The van der Waals surface area contributed by atoms with Crippen molar-refractivity contribution in [3.8, 4) is 0 Å². The van der Waals surface area contributed by atoms with E-state index in [0.29, 0.717) is 30.3 Å². The lowest BCUT2D eigenvalue weighted by Gasteiger charge is -2.24. The van der Waals surface area contributed by atoms with E-state index in [-0.39, 0.29) is 37.2 Å². The van der Waals surface area contributed by atoms with Crippen LogP contribution >= 0.6 is 12.4 Å². The highest BCUT2D eigenvalue weighted by Gasteiger charge is 2.18. The number of ether oxygens (including phenoxy) is 1. The Hall–Kier alpha value is -1.66. The molecule has 0 radical (unpaired) electrons. The third kappa shape index (κ3) is 6.41. The van der Waals surface area contributed by atoms with Gasteiger partial charge in [0.1, 0.15) is 0 Å². The van der Waals surface area contributed by atoms with Gasteiger partial charge in [0.2, 0.25) is 0 Å². The molecule has 0 saturated heterocycles. The van der Waals surface area contributed by atoms with E-state index in [0.717, 1.165) is 0 Å². The highest BCUT2D eigenvalue weighted by molar-refractivity contribution is 5.94. The Morgan fingerprint density at radius 3 is 2.64 bits per heavy atom. The number of pyridine rings is 1. The number of methoxy groups -OCH3 is 1. The van der Waals surface area contributed by atoms with Crippen LogP contribution in [0.2, 0.25) is 0 Å². The van der Waals surface area contributed by atoms with Gasteiger partial charge in [-0.2, -0.15) is 0 Å². The van der Waals surface area contributed by atoms with Crippen LogP contribution in [0.25, 0.3) is 0 Å². The molecule has 0 atom stereocenters. The molecule has 1 aromatic rings. The summed E-state index contributed by atoms with van der Waals surface area (Å²) in [6.07, 6.45) is 1.76. The largest absolute Gasteiger partial charge is 0.469 e. The Morgan fingerprint density at radius 2 is 2.09 bits per heavy atom. The fourth-order valence-corrected chi connectivity index (χ4v) is 1.95. The number of hydrogen-bond acceptors (Lipinski definition) is 5. The van der Waals surface area contributed by atoms with E-state index in [1.165, 1.54) is 7.11 Å². The molecule has 0 unspecified atom stereocenters. The molecule has 0 saturated carbocycles. The minimum atomic E-state index is -0.325. The van der Waals surface area contributed by atoms with E-state index in [1.54, 1.807) is 23.2 Å². The third-order valence-electron chi connectivity index (χ3n) is 2.96. The summed E-state index contributed by atoms with van der Waals surface area (Å²) in [5.41, 5.74) is 6.75. The van der Waals surface area contributed by atoms with E-state index in [2.05, 4.69) is 9.72 Å². The average Bonchev–Trinajstić information content (AvgIpc) is 2.49. The maximum Gasteiger partial charge on any atom is 0.307 e. The molecular formula is C15H24ClN3O3. The number of amides is 1. The number of halogens is 1. The van der Waals surface area contributed by atoms with Crippen LogP contribution in [0.3, 0.4) is 0 Å². The lowest BCUT2D eigenvalue weighted by molar-refractivity contribution is -0.140. The molecule has 1 rings (SSSR count). The van der Waals surface area contributed by atoms with Crippen LogP contribution in [0.4, 0.5) is 0 Å². The van der Waals surface area contributed by atoms with Crippen molar-refractivity contribution in [3.05, 3.63) is 29.6 Å². The second kappa shape index (κ2) is 10.1. The van der Waals surface area contributed by atoms with E-state index in [9.17, 15) is 9.59 Å². The number of hydrogen-bond donors (Lipinski definition) is 1. The van der Waals surface area contributed by atoms with E-state index < -0.39 is 0 Å². The molecule has 1 heterocycles. The maximum atomic E-state index is 12.6. The summed E-state index contributed by atoms with van der Waals surface area (Å²) >= 11 is 0. The molecule has 22 heavy (non-hydrogen) atoms. The van der Waals surface area contributed by atoms with Gasteiger partial charge in [0.25, 0.3) is 5.91 Å². The molecule has 0 aliphatic carbocycles. The number of rotatable bonds is 7. The molecule has 0 fully saturated rings. The minimum Gasteiger partial charge on any atom is -0.469 e. The van der Waals surface area contributed by atoms with Crippen molar-refractivity contribution in [1.82, 2.24) is 9.88 Å². The number of aromatic nitrogens is 1. The van der Waals surface area contributed by atoms with Crippen molar-refractivity contribution in [2.24, 2.45) is 11.7 Å². The van der Waals surface area contributed by atoms with Gasteiger partial charge in [-0.25, -0.2) is 0 Å². The average molecular weight is 330 g/mol. The van der Waals surface area contributed by atoms with Crippen molar-refractivity contribution in [2.75, 3.05) is 20.2 Å². The standard InChI is InChI=1S/C15H23N3O3.ClH/c1-11(2)10-18(7-5-14(19)21-3)15(20)12-4-6-17-13(8-12)9-16;/h4,6,8,11H,5,7,9-10,16H2,1-3H3;1H. The molecule has 6 nitrogen and oxygen atoms in total. The number of carbonyl (C=O) groups is 2. The Kier molecular flexibility index (Phi) is 9.37. The van der Waals surface area contributed by atoms with Crippen LogP contribution in [0, 0.1) is 5.92 Å². The molecule has 1 amide bonds. The fourth-order valence-electron chi connectivity index (χ4n) is 1.95. The normalized spacial score (nSPS) is 10.0. The molecule has 0 aromatic carbocycles. The summed E-state index contributed by atoms with van der Waals surface area (Å²) in [7, 11) is 1.34. The zero-order valence-electron chi connectivity index (χ0n) is 13.2. The summed E-state index contributed by atoms with van der Waals surface area (Å²) in [5, 5.41) is 0. The summed E-state index contributed by atoms with van der Waals surface area (Å²) in [6.45, 7) is 5.25. The van der Waals surface area contributed by atoms with Crippen molar-refractivity contribution in [2.45, 2.75) is 26.8 Å². The van der Waals surface area contributed by atoms with Gasteiger partial charge in [-0.15, -0.1) is 12.4 Å². The first-order valence-electron chi connectivity index (χ1n) is 6.99. The maximum absolute atomic E-state index is 12.6. The Balaban J connectivity index is 0.00000441. The zero-order valence-corrected chi connectivity index (χ0v) is 14.1.